The number of aliphatic carboxylic acids is 1. The zero-order chi connectivity index (χ0) is 12.3. The van der Waals surface area contributed by atoms with Crippen LogP contribution in [0.1, 0.15) is 5.56 Å². The predicted molar refractivity (Wildman–Crippen MR) is 49.6 cm³/mol. The summed E-state index contributed by atoms with van der Waals surface area (Å²) in [7, 11) is 0. The molecule has 0 heterocycles. The third-order valence-electron chi connectivity index (χ3n) is 1.62. The lowest BCUT2D eigenvalue weighted by molar-refractivity contribution is -0.139. The fourth-order valence-corrected chi connectivity index (χ4v) is 1.27. The summed E-state index contributed by atoms with van der Waals surface area (Å²) in [5.41, 5.74) is -1.06. The van der Waals surface area contributed by atoms with Gasteiger partial charge in [0.05, 0.1) is 10.6 Å². The molecular weight excluding hydrogens is 249 g/mol. The molecule has 3 nitrogen and oxygen atoms in total. The third-order valence-corrected chi connectivity index (χ3v) is 2.01. The van der Waals surface area contributed by atoms with Crippen LogP contribution in [-0.4, -0.2) is 17.7 Å². The summed E-state index contributed by atoms with van der Waals surface area (Å²) in [6, 6.07) is 3.04. The Morgan fingerprint density at radius 1 is 1.44 bits per heavy atom. The maximum absolute atomic E-state index is 12.4. The van der Waals surface area contributed by atoms with Gasteiger partial charge < -0.3 is 9.84 Å². The number of carboxylic acid groups (broad SMARTS) is 1. The maximum Gasteiger partial charge on any atom is 0.417 e. The topological polar surface area (TPSA) is 46.5 Å². The van der Waals surface area contributed by atoms with Crippen LogP contribution in [0.3, 0.4) is 0 Å². The molecule has 1 rings (SSSR count). The second-order valence-electron chi connectivity index (χ2n) is 2.80. The molecule has 1 N–H and O–H groups in total. The molecule has 0 aliphatic heterocycles. The normalized spacial score (nSPS) is 11.2. The summed E-state index contributed by atoms with van der Waals surface area (Å²) in [5.74, 6) is -1.60. The van der Waals surface area contributed by atoms with E-state index < -0.39 is 29.3 Å². The Balaban J connectivity index is 3.00. The monoisotopic (exact) mass is 254 g/mol. The molecule has 0 unspecified atom stereocenters. The van der Waals surface area contributed by atoms with E-state index in [1.54, 1.807) is 0 Å². The quantitative estimate of drug-likeness (QED) is 0.902. The van der Waals surface area contributed by atoms with Crippen molar-refractivity contribution < 1.29 is 27.8 Å². The standard InChI is InChI=1S/C9H6ClF3O3/c10-8-5(9(11,12)13)2-1-3-6(8)16-4-7(14)15/h1-3H,4H2,(H,14,15). The fraction of sp³-hybridized carbons (Fsp3) is 0.222. The van der Waals surface area contributed by atoms with Gasteiger partial charge in [-0.15, -0.1) is 0 Å². The van der Waals surface area contributed by atoms with Crippen LogP contribution in [0.4, 0.5) is 13.2 Å². The largest absolute Gasteiger partial charge is 0.480 e. The van der Waals surface area contributed by atoms with E-state index in [9.17, 15) is 18.0 Å². The first-order valence-electron chi connectivity index (χ1n) is 4.02. The number of hydrogen-bond donors (Lipinski definition) is 1. The van der Waals surface area contributed by atoms with Gasteiger partial charge in [0, 0.05) is 0 Å². The summed E-state index contributed by atoms with van der Waals surface area (Å²) in [5, 5.41) is 7.66. The summed E-state index contributed by atoms with van der Waals surface area (Å²) < 4.78 is 41.7. The Kier molecular flexibility index (Phi) is 3.64. The van der Waals surface area contributed by atoms with Crippen LogP contribution in [-0.2, 0) is 11.0 Å². The lowest BCUT2D eigenvalue weighted by Gasteiger charge is -2.12. The van der Waals surface area contributed by atoms with Crippen molar-refractivity contribution in [3.63, 3.8) is 0 Å². The molecule has 0 fully saturated rings. The molecule has 0 aliphatic rings. The number of carbonyl (C=O) groups is 1. The summed E-state index contributed by atoms with van der Waals surface area (Å²) in [4.78, 5) is 10.2. The fourth-order valence-electron chi connectivity index (χ4n) is 0.981. The number of ether oxygens (including phenoxy) is 1. The van der Waals surface area contributed by atoms with Gasteiger partial charge in [0.1, 0.15) is 5.75 Å². The number of alkyl halides is 3. The van der Waals surface area contributed by atoms with Crippen LogP contribution in [0.15, 0.2) is 18.2 Å². The van der Waals surface area contributed by atoms with Crippen LogP contribution < -0.4 is 4.74 Å². The zero-order valence-electron chi connectivity index (χ0n) is 7.71. The smallest absolute Gasteiger partial charge is 0.417 e. The molecule has 0 radical (unpaired) electrons. The molecular formula is C9H6ClF3O3. The van der Waals surface area contributed by atoms with E-state index in [1.165, 1.54) is 6.07 Å². The van der Waals surface area contributed by atoms with Gasteiger partial charge in [-0.1, -0.05) is 17.7 Å². The Hall–Kier alpha value is -1.43. The van der Waals surface area contributed by atoms with E-state index in [2.05, 4.69) is 4.74 Å². The highest BCUT2D eigenvalue weighted by atomic mass is 35.5. The van der Waals surface area contributed by atoms with Crippen LogP contribution in [0.25, 0.3) is 0 Å². The van der Waals surface area contributed by atoms with E-state index in [1.807, 2.05) is 0 Å². The molecule has 0 bridgehead atoms. The molecule has 0 atom stereocenters. The second-order valence-corrected chi connectivity index (χ2v) is 3.18. The number of hydrogen-bond acceptors (Lipinski definition) is 2. The van der Waals surface area contributed by atoms with Crippen LogP contribution in [0, 0.1) is 0 Å². The van der Waals surface area contributed by atoms with Gasteiger partial charge in [-0.2, -0.15) is 13.2 Å². The Morgan fingerprint density at radius 3 is 2.56 bits per heavy atom. The van der Waals surface area contributed by atoms with Crippen molar-refractivity contribution in [3.05, 3.63) is 28.8 Å². The summed E-state index contributed by atoms with van der Waals surface area (Å²) in [6.45, 7) is -0.749. The molecule has 0 aromatic heterocycles. The number of halogens is 4. The van der Waals surface area contributed by atoms with E-state index in [4.69, 9.17) is 16.7 Å². The molecule has 0 saturated heterocycles. The van der Waals surface area contributed by atoms with Gasteiger partial charge in [0.2, 0.25) is 0 Å². The summed E-state index contributed by atoms with van der Waals surface area (Å²) >= 11 is 5.44. The second kappa shape index (κ2) is 4.61. The van der Waals surface area contributed by atoms with Crippen molar-refractivity contribution in [1.29, 1.82) is 0 Å². The minimum absolute atomic E-state index is 0.307. The van der Waals surface area contributed by atoms with E-state index in [0.717, 1.165) is 12.1 Å². The highest BCUT2D eigenvalue weighted by molar-refractivity contribution is 6.32. The van der Waals surface area contributed by atoms with E-state index in [-0.39, 0.29) is 5.75 Å². The van der Waals surface area contributed by atoms with E-state index in [0.29, 0.717) is 0 Å². The third kappa shape index (κ3) is 3.03. The van der Waals surface area contributed by atoms with Gasteiger partial charge in [0.15, 0.2) is 6.61 Å². The predicted octanol–water partition coefficient (Wildman–Crippen LogP) is 2.82. The molecule has 16 heavy (non-hydrogen) atoms. The number of benzene rings is 1. The first-order valence-corrected chi connectivity index (χ1v) is 4.40. The molecule has 0 saturated carbocycles. The first kappa shape index (κ1) is 12.6. The maximum atomic E-state index is 12.4. The molecule has 7 heteroatoms. The Bertz CT molecular complexity index is 403. The van der Waals surface area contributed by atoms with Gasteiger partial charge >= 0.3 is 12.1 Å². The van der Waals surface area contributed by atoms with Crippen molar-refractivity contribution in [2.75, 3.05) is 6.61 Å². The molecule has 1 aromatic carbocycles. The lowest BCUT2D eigenvalue weighted by Crippen LogP contribution is -2.11. The summed E-state index contributed by atoms with van der Waals surface area (Å²) in [6.07, 6.45) is -4.60. The van der Waals surface area contributed by atoms with Crippen molar-refractivity contribution in [1.82, 2.24) is 0 Å². The molecule has 0 aliphatic carbocycles. The van der Waals surface area contributed by atoms with Crippen LogP contribution in [0.2, 0.25) is 5.02 Å². The van der Waals surface area contributed by atoms with E-state index >= 15 is 0 Å². The number of carboxylic acids is 1. The van der Waals surface area contributed by atoms with Gasteiger partial charge in [-0.3, -0.25) is 0 Å². The number of rotatable bonds is 3. The highest BCUT2D eigenvalue weighted by Crippen LogP contribution is 2.39. The Morgan fingerprint density at radius 2 is 2.06 bits per heavy atom. The van der Waals surface area contributed by atoms with Crippen molar-refractivity contribution in [2.45, 2.75) is 6.18 Å². The average Bonchev–Trinajstić information content (AvgIpc) is 2.14. The van der Waals surface area contributed by atoms with Gasteiger partial charge in [-0.25, -0.2) is 4.79 Å². The minimum atomic E-state index is -4.60. The average molecular weight is 255 g/mol. The SMILES string of the molecule is O=C(O)COc1cccc(C(F)(F)F)c1Cl. The van der Waals surface area contributed by atoms with Gasteiger partial charge in [0.25, 0.3) is 0 Å². The Labute approximate surface area is 93.4 Å². The van der Waals surface area contributed by atoms with Crippen molar-refractivity contribution in [3.8, 4) is 5.75 Å². The van der Waals surface area contributed by atoms with Crippen LogP contribution in [0.5, 0.6) is 5.75 Å². The minimum Gasteiger partial charge on any atom is -0.480 e. The molecule has 88 valence electrons. The molecule has 0 spiro atoms. The van der Waals surface area contributed by atoms with Gasteiger partial charge in [-0.05, 0) is 12.1 Å². The molecule has 0 amide bonds. The lowest BCUT2D eigenvalue weighted by atomic mass is 10.2. The zero-order valence-corrected chi connectivity index (χ0v) is 8.47. The molecule has 1 aromatic rings. The van der Waals surface area contributed by atoms with Crippen LogP contribution >= 0.6 is 11.6 Å². The first-order chi connectivity index (χ1) is 7.32. The van der Waals surface area contributed by atoms with Crippen molar-refractivity contribution in [2.24, 2.45) is 0 Å². The highest BCUT2D eigenvalue weighted by Gasteiger charge is 2.34. The van der Waals surface area contributed by atoms with Crippen molar-refractivity contribution >= 4 is 17.6 Å².